The van der Waals surface area contributed by atoms with Crippen LogP contribution in [0.3, 0.4) is 0 Å². The summed E-state index contributed by atoms with van der Waals surface area (Å²) >= 11 is 0. The third-order valence-electron chi connectivity index (χ3n) is 11.0. The summed E-state index contributed by atoms with van der Waals surface area (Å²) in [6.07, 6.45) is 0. The summed E-state index contributed by atoms with van der Waals surface area (Å²) in [4.78, 5) is 10.8. The minimum atomic E-state index is 0.696. The summed E-state index contributed by atoms with van der Waals surface area (Å²) in [5.41, 5.74) is 10.7. The molecule has 11 rings (SSSR count). The molecule has 0 unspecified atom stereocenters. The fourth-order valence-corrected chi connectivity index (χ4v) is 8.55. The Morgan fingerprint density at radius 1 is 0.345 bits per heavy atom. The van der Waals surface area contributed by atoms with Crippen molar-refractivity contribution in [3.8, 4) is 50.7 Å². The Balaban J connectivity index is 1.22. The first-order chi connectivity index (χ1) is 27.3. The van der Waals surface area contributed by atoms with Crippen LogP contribution in [-0.4, -0.2) is 14.5 Å². The molecular weight excluding hydrogens is 667 g/mol. The van der Waals surface area contributed by atoms with E-state index >= 15 is 0 Å². The van der Waals surface area contributed by atoms with Crippen molar-refractivity contribution < 1.29 is 0 Å². The maximum atomic E-state index is 5.40. The minimum absolute atomic E-state index is 0.696. The molecule has 0 radical (unpaired) electrons. The van der Waals surface area contributed by atoms with E-state index < -0.39 is 0 Å². The van der Waals surface area contributed by atoms with Crippen LogP contribution < -0.4 is 0 Å². The molecule has 0 saturated heterocycles. The summed E-state index contributed by atoms with van der Waals surface area (Å²) in [6.45, 7) is 0. The molecular formula is C52H33N3. The zero-order valence-corrected chi connectivity index (χ0v) is 29.9. The topological polar surface area (TPSA) is 30.7 Å². The van der Waals surface area contributed by atoms with E-state index in [9.17, 15) is 0 Å². The van der Waals surface area contributed by atoms with Gasteiger partial charge >= 0.3 is 0 Å². The third-order valence-corrected chi connectivity index (χ3v) is 11.0. The zero-order valence-electron chi connectivity index (χ0n) is 29.9. The van der Waals surface area contributed by atoms with E-state index in [2.05, 4.69) is 199 Å². The summed E-state index contributed by atoms with van der Waals surface area (Å²) in [5.74, 6) is 0.696. The van der Waals surface area contributed by atoms with Crippen molar-refractivity contribution in [2.45, 2.75) is 0 Å². The van der Waals surface area contributed by atoms with E-state index in [0.717, 1.165) is 44.9 Å². The Kier molecular flexibility index (Phi) is 7.17. The van der Waals surface area contributed by atoms with E-state index in [-0.39, 0.29) is 0 Å². The number of fused-ring (bicyclic) bond motifs is 7. The zero-order chi connectivity index (χ0) is 36.3. The van der Waals surface area contributed by atoms with Crippen LogP contribution in [0.2, 0.25) is 0 Å². The molecule has 3 heteroatoms. The van der Waals surface area contributed by atoms with Gasteiger partial charge in [0, 0.05) is 38.7 Å². The van der Waals surface area contributed by atoms with E-state index in [1.54, 1.807) is 0 Å². The van der Waals surface area contributed by atoms with Gasteiger partial charge in [0.1, 0.15) is 0 Å². The normalized spacial score (nSPS) is 11.6. The van der Waals surface area contributed by atoms with Gasteiger partial charge < -0.3 is 4.57 Å². The molecule has 11 aromatic rings. The fraction of sp³-hybridized carbons (Fsp3) is 0. The molecule has 3 nitrogen and oxygen atoms in total. The van der Waals surface area contributed by atoms with E-state index in [0.29, 0.717) is 5.82 Å². The Morgan fingerprint density at radius 2 is 0.964 bits per heavy atom. The number of benzene rings is 9. The maximum absolute atomic E-state index is 5.40. The van der Waals surface area contributed by atoms with Crippen molar-refractivity contribution in [3.63, 3.8) is 0 Å². The van der Waals surface area contributed by atoms with Gasteiger partial charge in [0.25, 0.3) is 0 Å². The standard InChI is InChI=1S/C52H33N3/c1-3-17-35(18-4-1)52-53-47(33-48(54-52)50-39-23-10-8-19-36(39)32-46-38-22-9-7-16-34(38)30-31-43(46)50)41-25-12-11-24-40(41)44-27-15-28-45-42-26-13-14-29-49(42)55(51(44)45)37-20-5-2-6-21-37/h1-33H. The molecule has 0 aliphatic carbocycles. The van der Waals surface area contributed by atoms with Crippen molar-refractivity contribution in [2.75, 3.05) is 0 Å². The smallest absolute Gasteiger partial charge is 0.160 e. The molecule has 2 heterocycles. The van der Waals surface area contributed by atoms with Gasteiger partial charge in [-0.1, -0.05) is 170 Å². The van der Waals surface area contributed by atoms with Crippen LogP contribution in [0.5, 0.6) is 0 Å². The van der Waals surface area contributed by atoms with Gasteiger partial charge in [-0.15, -0.1) is 0 Å². The molecule has 9 aromatic carbocycles. The summed E-state index contributed by atoms with van der Waals surface area (Å²) in [5, 5.41) is 9.64. The van der Waals surface area contributed by atoms with Crippen LogP contribution in [0.1, 0.15) is 0 Å². The number of para-hydroxylation sites is 3. The minimum Gasteiger partial charge on any atom is -0.309 e. The molecule has 0 saturated carbocycles. The second-order valence-electron chi connectivity index (χ2n) is 14.1. The van der Waals surface area contributed by atoms with E-state index in [1.807, 2.05) is 6.07 Å². The van der Waals surface area contributed by atoms with Crippen LogP contribution in [0.15, 0.2) is 200 Å². The monoisotopic (exact) mass is 699 g/mol. The highest BCUT2D eigenvalue weighted by molar-refractivity contribution is 6.20. The second kappa shape index (κ2) is 12.6. The van der Waals surface area contributed by atoms with Crippen LogP contribution in [0.25, 0.3) is 105 Å². The summed E-state index contributed by atoms with van der Waals surface area (Å²) in [7, 11) is 0. The first-order valence-electron chi connectivity index (χ1n) is 18.8. The molecule has 0 aliphatic rings. The SMILES string of the molecule is c1ccc(-c2nc(-c3ccccc3-c3cccc4c5ccccc5n(-c5ccccc5)c34)cc(-c3c4ccccc4cc4c3ccc3ccccc34)n2)cc1. The number of aromatic nitrogens is 3. The van der Waals surface area contributed by atoms with Crippen molar-refractivity contribution in [1.29, 1.82) is 0 Å². The molecule has 0 atom stereocenters. The Hall–Kier alpha value is -7.36. The lowest BCUT2D eigenvalue weighted by Gasteiger charge is -2.17. The van der Waals surface area contributed by atoms with Gasteiger partial charge in [0.2, 0.25) is 0 Å². The molecule has 256 valence electrons. The van der Waals surface area contributed by atoms with Gasteiger partial charge in [-0.05, 0) is 68.2 Å². The van der Waals surface area contributed by atoms with Crippen LogP contribution in [0, 0.1) is 0 Å². The van der Waals surface area contributed by atoms with Gasteiger partial charge in [-0.3, -0.25) is 0 Å². The number of rotatable bonds is 5. The summed E-state index contributed by atoms with van der Waals surface area (Å²) < 4.78 is 2.41. The second-order valence-corrected chi connectivity index (χ2v) is 14.1. The van der Waals surface area contributed by atoms with Gasteiger partial charge in [0.15, 0.2) is 5.82 Å². The molecule has 2 aromatic heterocycles. The number of nitrogens with zero attached hydrogens (tertiary/aromatic N) is 3. The predicted octanol–water partition coefficient (Wildman–Crippen LogP) is 13.7. The van der Waals surface area contributed by atoms with Crippen LogP contribution in [0.4, 0.5) is 0 Å². The predicted molar refractivity (Wildman–Crippen MR) is 231 cm³/mol. The highest BCUT2D eigenvalue weighted by Crippen LogP contribution is 2.44. The first-order valence-corrected chi connectivity index (χ1v) is 18.8. The maximum Gasteiger partial charge on any atom is 0.160 e. The van der Waals surface area contributed by atoms with Crippen LogP contribution in [-0.2, 0) is 0 Å². The summed E-state index contributed by atoms with van der Waals surface area (Å²) in [6, 6.07) is 71.5. The van der Waals surface area contributed by atoms with E-state index in [4.69, 9.17) is 9.97 Å². The van der Waals surface area contributed by atoms with Crippen molar-refractivity contribution >= 4 is 54.1 Å². The fourth-order valence-electron chi connectivity index (χ4n) is 8.55. The Bertz CT molecular complexity index is 3250. The molecule has 0 aliphatic heterocycles. The largest absolute Gasteiger partial charge is 0.309 e. The first kappa shape index (κ1) is 31.2. The van der Waals surface area contributed by atoms with E-state index in [1.165, 1.54) is 54.1 Å². The highest BCUT2D eigenvalue weighted by atomic mass is 15.0. The highest BCUT2D eigenvalue weighted by Gasteiger charge is 2.21. The quantitative estimate of drug-likeness (QED) is 0.132. The Morgan fingerprint density at radius 3 is 1.80 bits per heavy atom. The third kappa shape index (κ3) is 5.05. The van der Waals surface area contributed by atoms with Crippen molar-refractivity contribution in [3.05, 3.63) is 200 Å². The lowest BCUT2D eigenvalue weighted by atomic mass is 9.90. The molecule has 0 spiro atoms. The lowest BCUT2D eigenvalue weighted by molar-refractivity contribution is 1.18. The molecule has 0 amide bonds. The molecule has 0 N–H and O–H groups in total. The Labute approximate surface area is 318 Å². The van der Waals surface area contributed by atoms with Crippen molar-refractivity contribution in [2.24, 2.45) is 0 Å². The van der Waals surface area contributed by atoms with Gasteiger partial charge in [-0.2, -0.15) is 0 Å². The number of hydrogen-bond donors (Lipinski definition) is 0. The van der Waals surface area contributed by atoms with Crippen molar-refractivity contribution in [1.82, 2.24) is 14.5 Å². The average molecular weight is 700 g/mol. The van der Waals surface area contributed by atoms with Gasteiger partial charge in [0.05, 0.1) is 22.4 Å². The number of hydrogen-bond acceptors (Lipinski definition) is 2. The average Bonchev–Trinajstić information content (AvgIpc) is 3.61. The lowest BCUT2D eigenvalue weighted by Crippen LogP contribution is -1.99. The molecule has 55 heavy (non-hydrogen) atoms. The van der Waals surface area contributed by atoms with Crippen LogP contribution >= 0.6 is 0 Å². The van der Waals surface area contributed by atoms with Gasteiger partial charge in [-0.25, -0.2) is 9.97 Å². The molecule has 0 fully saturated rings. The molecule has 0 bridgehead atoms.